The molecule has 2 N–H and O–H groups in total. The zero-order chi connectivity index (χ0) is 23.3. The number of rotatable bonds is 8. The second-order valence-electron chi connectivity index (χ2n) is 7.90. The summed E-state index contributed by atoms with van der Waals surface area (Å²) in [6.07, 6.45) is 5.39. The van der Waals surface area contributed by atoms with Gasteiger partial charge in [-0.25, -0.2) is 4.79 Å². The quantitative estimate of drug-likeness (QED) is 0.451. The molecular formula is C25H27ClN2O4. The highest BCUT2D eigenvalue weighted by Gasteiger charge is 2.28. The highest BCUT2D eigenvalue weighted by atomic mass is 35.5. The number of dihydropyridines is 1. The van der Waals surface area contributed by atoms with E-state index >= 15 is 0 Å². The fourth-order valence-electron chi connectivity index (χ4n) is 3.80. The van der Waals surface area contributed by atoms with Crippen LogP contribution in [0.2, 0.25) is 5.02 Å². The minimum atomic E-state index is -0.437. The lowest BCUT2D eigenvalue weighted by atomic mass is 9.85. The van der Waals surface area contributed by atoms with Crippen molar-refractivity contribution in [2.45, 2.75) is 24.7 Å². The van der Waals surface area contributed by atoms with Crippen molar-refractivity contribution in [3.63, 3.8) is 0 Å². The van der Waals surface area contributed by atoms with Crippen LogP contribution in [0.4, 0.5) is 5.69 Å². The van der Waals surface area contributed by atoms with Crippen molar-refractivity contribution in [2.75, 3.05) is 26.1 Å². The number of aldehydes is 1. The number of carbonyl (C=O) groups excluding carboxylic acids is 2. The molecule has 0 spiro atoms. The third-order valence-corrected chi connectivity index (χ3v) is 5.91. The predicted octanol–water partition coefficient (Wildman–Crippen LogP) is 4.50. The summed E-state index contributed by atoms with van der Waals surface area (Å²) in [5, 5.41) is 13.3. The Bertz CT molecular complexity index is 1040. The molecule has 1 aliphatic heterocycles. The second-order valence-corrected chi connectivity index (χ2v) is 8.31. The lowest BCUT2D eigenvalue weighted by Crippen LogP contribution is -2.23. The highest BCUT2D eigenvalue weighted by Crippen LogP contribution is 2.38. The average molecular weight is 455 g/mol. The Balaban J connectivity index is 1.95. The number of aromatic hydroxyl groups is 1. The van der Waals surface area contributed by atoms with Gasteiger partial charge in [-0.2, -0.15) is 0 Å². The zero-order valence-corrected chi connectivity index (χ0v) is 19.1. The van der Waals surface area contributed by atoms with Gasteiger partial charge in [-0.3, -0.25) is 0 Å². The van der Waals surface area contributed by atoms with Gasteiger partial charge in [-0.05, 0) is 47.7 Å². The van der Waals surface area contributed by atoms with Crippen LogP contribution in [-0.2, 0) is 14.3 Å². The fourth-order valence-corrected chi connectivity index (χ4v) is 4.09. The summed E-state index contributed by atoms with van der Waals surface area (Å²) in [7, 11) is 5.22. The number of halogens is 1. The molecule has 0 amide bonds. The molecule has 6 nitrogen and oxygen atoms in total. The van der Waals surface area contributed by atoms with Crippen molar-refractivity contribution >= 4 is 29.5 Å². The number of methoxy groups -OCH3 is 1. The molecule has 0 saturated heterocycles. The molecule has 0 bridgehead atoms. The number of allylic oxidation sites excluding steroid dienone is 2. The first-order chi connectivity index (χ1) is 15.3. The third kappa shape index (κ3) is 5.32. The minimum Gasteiger partial charge on any atom is -0.508 e. The molecule has 0 saturated carbocycles. The number of anilines is 1. The zero-order valence-electron chi connectivity index (χ0n) is 18.3. The molecule has 1 heterocycles. The topological polar surface area (TPSA) is 78.9 Å². The van der Waals surface area contributed by atoms with E-state index in [4.69, 9.17) is 16.3 Å². The van der Waals surface area contributed by atoms with Crippen LogP contribution in [0.5, 0.6) is 5.75 Å². The lowest BCUT2D eigenvalue weighted by Gasteiger charge is -2.26. The monoisotopic (exact) mass is 454 g/mol. The van der Waals surface area contributed by atoms with Crippen molar-refractivity contribution < 1.29 is 19.4 Å². The van der Waals surface area contributed by atoms with E-state index in [-0.39, 0.29) is 17.6 Å². The number of hydrogen-bond acceptors (Lipinski definition) is 6. The van der Waals surface area contributed by atoms with Gasteiger partial charge in [0.2, 0.25) is 0 Å². The minimum absolute atomic E-state index is 0.0767. The third-order valence-electron chi connectivity index (χ3n) is 5.58. The van der Waals surface area contributed by atoms with Crippen molar-refractivity contribution in [1.29, 1.82) is 0 Å². The van der Waals surface area contributed by atoms with Crippen LogP contribution < -0.4 is 10.2 Å². The first kappa shape index (κ1) is 23.4. The molecule has 0 fully saturated rings. The van der Waals surface area contributed by atoms with Crippen LogP contribution in [0, 0.1) is 0 Å². The number of hydrogen-bond donors (Lipinski definition) is 2. The van der Waals surface area contributed by atoms with Gasteiger partial charge in [0.05, 0.1) is 12.7 Å². The number of phenolic OH excluding ortho intramolecular Hbond substituents is 1. The van der Waals surface area contributed by atoms with Crippen molar-refractivity contribution in [1.82, 2.24) is 5.32 Å². The van der Waals surface area contributed by atoms with E-state index in [1.54, 1.807) is 18.3 Å². The van der Waals surface area contributed by atoms with Gasteiger partial charge in [-0.15, -0.1) is 0 Å². The van der Waals surface area contributed by atoms with Gasteiger partial charge in [0, 0.05) is 49.0 Å². The number of phenols is 1. The largest absolute Gasteiger partial charge is 0.508 e. The van der Waals surface area contributed by atoms with E-state index in [0.29, 0.717) is 23.4 Å². The number of carbonyl (C=O) groups is 2. The first-order valence-electron chi connectivity index (χ1n) is 10.3. The molecule has 1 aliphatic rings. The van der Waals surface area contributed by atoms with Crippen molar-refractivity contribution in [3.8, 4) is 5.75 Å². The van der Waals surface area contributed by atoms with E-state index in [2.05, 4.69) is 5.32 Å². The van der Waals surface area contributed by atoms with E-state index in [9.17, 15) is 14.7 Å². The summed E-state index contributed by atoms with van der Waals surface area (Å²) in [6.45, 7) is 0. The number of esters is 1. The normalized spacial score (nSPS) is 16.3. The van der Waals surface area contributed by atoms with E-state index in [1.165, 1.54) is 7.11 Å². The summed E-state index contributed by atoms with van der Waals surface area (Å²) < 4.78 is 4.98. The molecule has 2 aromatic carbocycles. The summed E-state index contributed by atoms with van der Waals surface area (Å²) in [4.78, 5) is 25.7. The van der Waals surface area contributed by atoms with Gasteiger partial charge in [0.25, 0.3) is 0 Å². The van der Waals surface area contributed by atoms with Gasteiger partial charge in [0.15, 0.2) is 0 Å². The molecule has 32 heavy (non-hydrogen) atoms. The van der Waals surface area contributed by atoms with E-state index in [0.717, 1.165) is 28.8 Å². The summed E-state index contributed by atoms with van der Waals surface area (Å²) >= 11 is 6.61. The SMILES string of the molecule is COC(=O)C1=CNC(CC(CC=O)c2ccc(O)cc2)=CC1c1ccc(N(C)C)cc1Cl. The Kier molecular flexibility index (Phi) is 7.59. The molecule has 0 radical (unpaired) electrons. The second kappa shape index (κ2) is 10.4. The standard InChI is InChI=1S/C25H27ClN2O4/c1-28(2)19-6-9-21(24(26)14-19)22-13-18(27-15-23(22)25(31)32-3)12-17(10-11-29)16-4-7-20(30)8-5-16/h4-9,11,13-15,17,22,27,30H,10,12H2,1-3H3. The Hall–Kier alpha value is -3.25. The Morgan fingerprint density at radius 3 is 2.56 bits per heavy atom. The maximum absolute atomic E-state index is 12.4. The van der Waals surface area contributed by atoms with Crippen LogP contribution >= 0.6 is 11.6 Å². The van der Waals surface area contributed by atoms with Gasteiger partial charge in [0.1, 0.15) is 12.0 Å². The van der Waals surface area contributed by atoms with E-state index in [1.807, 2.05) is 55.4 Å². The van der Waals surface area contributed by atoms with Crippen LogP contribution in [-0.4, -0.2) is 38.6 Å². The van der Waals surface area contributed by atoms with Crippen LogP contribution in [0.15, 0.2) is 66.0 Å². The molecule has 0 aromatic heterocycles. The lowest BCUT2D eigenvalue weighted by molar-refractivity contribution is -0.136. The van der Waals surface area contributed by atoms with Crippen LogP contribution in [0.25, 0.3) is 0 Å². The van der Waals surface area contributed by atoms with Crippen LogP contribution in [0.1, 0.15) is 35.8 Å². The number of nitrogens with one attached hydrogen (secondary N) is 1. The molecule has 3 rings (SSSR count). The maximum Gasteiger partial charge on any atom is 0.336 e. The maximum atomic E-state index is 12.4. The predicted molar refractivity (Wildman–Crippen MR) is 126 cm³/mol. The van der Waals surface area contributed by atoms with Gasteiger partial charge >= 0.3 is 5.97 Å². The fraction of sp³-hybridized carbons (Fsp3) is 0.280. The van der Waals surface area contributed by atoms with Gasteiger partial charge < -0.3 is 24.9 Å². The molecule has 2 atom stereocenters. The van der Waals surface area contributed by atoms with Crippen molar-refractivity contribution in [3.05, 3.63) is 82.2 Å². The number of nitrogens with zero attached hydrogens (tertiary/aromatic N) is 1. The molecule has 2 aromatic rings. The first-order valence-corrected chi connectivity index (χ1v) is 10.7. The molecule has 168 valence electrons. The summed E-state index contributed by atoms with van der Waals surface area (Å²) in [5.74, 6) is -0.727. The van der Waals surface area contributed by atoms with Crippen molar-refractivity contribution in [2.24, 2.45) is 0 Å². The van der Waals surface area contributed by atoms with Crippen LogP contribution in [0.3, 0.4) is 0 Å². The van der Waals surface area contributed by atoms with E-state index < -0.39 is 5.97 Å². The summed E-state index contributed by atoms with van der Waals surface area (Å²) in [5.41, 5.74) is 4.02. The Morgan fingerprint density at radius 2 is 1.97 bits per heavy atom. The smallest absolute Gasteiger partial charge is 0.336 e. The number of benzene rings is 2. The Morgan fingerprint density at radius 1 is 1.25 bits per heavy atom. The Labute approximate surface area is 193 Å². The molecule has 0 aliphatic carbocycles. The summed E-state index contributed by atoms with van der Waals surface area (Å²) in [6, 6.07) is 12.6. The number of ether oxygens (including phenoxy) is 1. The molecular weight excluding hydrogens is 428 g/mol. The molecule has 7 heteroatoms. The highest BCUT2D eigenvalue weighted by molar-refractivity contribution is 6.31. The van der Waals surface area contributed by atoms with Gasteiger partial charge in [-0.1, -0.05) is 35.9 Å². The average Bonchev–Trinajstić information content (AvgIpc) is 2.78. The molecule has 2 unspecified atom stereocenters.